The zero-order valence-electron chi connectivity index (χ0n) is 31.3. The van der Waals surface area contributed by atoms with E-state index in [9.17, 15) is 19.8 Å². The number of carbonyl (C=O) groups excluding carboxylic acids is 2. The van der Waals surface area contributed by atoms with Crippen molar-refractivity contribution in [1.29, 1.82) is 0 Å². The lowest BCUT2D eigenvalue weighted by Gasteiger charge is -2.42. The Kier molecular flexibility index (Phi) is 14.3. The van der Waals surface area contributed by atoms with Gasteiger partial charge in [-0.3, -0.25) is 9.59 Å². The van der Waals surface area contributed by atoms with Gasteiger partial charge in [0.25, 0.3) is 0 Å². The van der Waals surface area contributed by atoms with Crippen LogP contribution in [0.2, 0.25) is 5.02 Å². The molecule has 11 heteroatoms. The van der Waals surface area contributed by atoms with Crippen LogP contribution in [0.1, 0.15) is 98.0 Å². The van der Waals surface area contributed by atoms with Crippen molar-refractivity contribution in [2.24, 2.45) is 0 Å². The Morgan fingerprint density at radius 1 is 0.800 bits per heavy atom. The molecule has 6 rings (SSSR count). The van der Waals surface area contributed by atoms with Gasteiger partial charge in [0, 0.05) is 56.0 Å². The quantitative estimate of drug-likeness (QED) is 0.0581. The molecule has 0 saturated carbocycles. The highest BCUT2D eigenvalue weighted by molar-refractivity contribution is 6.30. The molecule has 2 aliphatic rings. The van der Waals surface area contributed by atoms with Crippen LogP contribution in [0.3, 0.4) is 0 Å². The van der Waals surface area contributed by atoms with Crippen LogP contribution in [0.5, 0.6) is 0 Å². The van der Waals surface area contributed by atoms with Crippen LogP contribution in [-0.2, 0) is 37.8 Å². The summed E-state index contributed by atoms with van der Waals surface area (Å²) < 4.78 is 13.2. The third-order valence-corrected chi connectivity index (χ3v) is 10.9. The van der Waals surface area contributed by atoms with Crippen LogP contribution in [0.25, 0.3) is 0 Å². The largest absolute Gasteiger partial charge is 0.397 e. The monoisotopic (exact) mass is 768 g/mol. The first-order valence-corrected chi connectivity index (χ1v) is 19.8. The van der Waals surface area contributed by atoms with E-state index < -0.39 is 11.9 Å². The number of halogens is 1. The molecule has 0 unspecified atom stereocenters. The second-order valence-corrected chi connectivity index (χ2v) is 15.2. The number of amides is 2. The predicted octanol–water partition coefficient (Wildman–Crippen LogP) is 7.54. The van der Waals surface area contributed by atoms with Gasteiger partial charge in [-0.05, 0) is 72.2 Å². The molecule has 55 heavy (non-hydrogen) atoms. The van der Waals surface area contributed by atoms with E-state index in [4.69, 9.17) is 26.8 Å². The summed E-state index contributed by atoms with van der Waals surface area (Å²) in [5.41, 5.74) is 10.9. The van der Waals surface area contributed by atoms with Crippen LogP contribution in [0.15, 0.2) is 97.1 Å². The molecule has 2 amide bonds. The average molecular weight is 769 g/mol. The lowest BCUT2D eigenvalue weighted by atomic mass is 9.84. The maximum atomic E-state index is 12.6. The molecule has 3 atom stereocenters. The molecule has 2 heterocycles. The van der Waals surface area contributed by atoms with E-state index in [1.54, 1.807) is 12.1 Å². The van der Waals surface area contributed by atoms with E-state index in [2.05, 4.69) is 15.5 Å². The van der Waals surface area contributed by atoms with Crippen molar-refractivity contribution < 1.29 is 29.3 Å². The zero-order valence-corrected chi connectivity index (χ0v) is 32.1. The summed E-state index contributed by atoms with van der Waals surface area (Å²) in [6, 6.07) is 30.5. The van der Waals surface area contributed by atoms with Crippen molar-refractivity contribution in [2.45, 2.75) is 95.0 Å². The molecule has 0 spiro atoms. The van der Waals surface area contributed by atoms with Crippen LogP contribution in [0.4, 0.5) is 11.4 Å². The van der Waals surface area contributed by atoms with Crippen LogP contribution >= 0.6 is 11.6 Å². The number of benzene rings is 4. The number of hydrogen-bond donors (Lipinski definition) is 5. The summed E-state index contributed by atoms with van der Waals surface area (Å²) in [5, 5.41) is 27.5. The third kappa shape index (κ3) is 11.6. The average Bonchev–Trinajstić information content (AvgIpc) is 3.20. The van der Waals surface area contributed by atoms with Crippen LogP contribution < -0.4 is 16.4 Å². The molecule has 0 bridgehead atoms. The van der Waals surface area contributed by atoms with Gasteiger partial charge in [0.05, 0.1) is 35.8 Å². The number of likely N-dealkylation sites (tertiary alicyclic amines) is 1. The van der Waals surface area contributed by atoms with E-state index in [1.165, 1.54) is 0 Å². The number of rotatable bonds is 16. The maximum Gasteiger partial charge on any atom is 0.224 e. The number of nitrogens with one attached hydrogen (secondary N) is 2. The van der Waals surface area contributed by atoms with Crippen molar-refractivity contribution >= 4 is 34.8 Å². The Morgan fingerprint density at radius 3 is 2.11 bits per heavy atom. The summed E-state index contributed by atoms with van der Waals surface area (Å²) in [5.74, 6) is -0.0536. The molecule has 2 fully saturated rings. The highest BCUT2D eigenvalue weighted by Crippen LogP contribution is 2.39. The van der Waals surface area contributed by atoms with Gasteiger partial charge in [0.1, 0.15) is 0 Å². The second-order valence-electron chi connectivity index (χ2n) is 14.8. The van der Waals surface area contributed by atoms with Gasteiger partial charge in [-0.25, -0.2) is 0 Å². The van der Waals surface area contributed by atoms with Gasteiger partial charge >= 0.3 is 0 Å². The standard InChI is InChI=1S/C44H53ClN4O6/c45-36-21-19-35(20-22-36)44(53)23-25-49(26-24-44)29-37-27-40(33-15-13-32(30-50)14-16-33)55-43(54-37)34-17-11-31(12-18-34)28-47-41(51)9-3-1-2-4-10-42(52)48-39-8-6-5-7-38(39)46/h5-8,11-22,37,40,43,50,53H,1-4,9-10,23-30,46H2,(H,47,51)(H,48,52)/t37-,40+,43+/m1/s1. The molecule has 2 aliphatic heterocycles. The lowest BCUT2D eigenvalue weighted by molar-refractivity contribution is -0.253. The fourth-order valence-electron chi connectivity index (χ4n) is 7.31. The molecule has 6 N–H and O–H groups in total. The first kappa shape index (κ1) is 40.4. The van der Waals surface area contributed by atoms with Crippen molar-refractivity contribution in [3.05, 3.63) is 130 Å². The summed E-state index contributed by atoms with van der Waals surface area (Å²) in [4.78, 5) is 27.2. The van der Waals surface area contributed by atoms with Gasteiger partial charge in [-0.15, -0.1) is 0 Å². The molecule has 4 aromatic carbocycles. The number of aliphatic hydroxyl groups excluding tert-OH is 1. The first-order valence-electron chi connectivity index (χ1n) is 19.4. The molecule has 2 saturated heterocycles. The topological polar surface area (TPSA) is 146 Å². The molecule has 0 radical (unpaired) electrons. The smallest absolute Gasteiger partial charge is 0.224 e. The van der Waals surface area contributed by atoms with Gasteiger partial charge < -0.3 is 41.0 Å². The van der Waals surface area contributed by atoms with E-state index in [0.29, 0.717) is 61.6 Å². The van der Waals surface area contributed by atoms with Crippen molar-refractivity contribution in [2.75, 3.05) is 30.7 Å². The zero-order chi connectivity index (χ0) is 38.6. The predicted molar refractivity (Wildman–Crippen MR) is 215 cm³/mol. The number of aliphatic hydroxyl groups is 2. The van der Waals surface area contributed by atoms with E-state index in [0.717, 1.165) is 66.6 Å². The summed E-state index contributed by atoms with van der Waals surface area (Å²) >= 11 is 6.09. The van der Waals surface area contributed by atoms with Gasteiger partial charge in [-0.2, -0.15) is 0 Å². The van der Waals surface area contributed by atoms with E-state index in [1.807, 2.05) is 84.9 Å². The highest BCUT2D eigenvalue weighted by atomic mass is 35.5. The molecule has 4 aromatic rings. The van der Waals surface area contributed by atoms with Gasteiger partial charge in [0.15, 0.2) is 6.29 Å². The molecule has 10 nitrogen and oxygen atoms in total. The van der Waals surface area contributed by atoms with Crippen molar-refractivity contribution in [1.82, 2.24) is 10.2 Å². The molecule has 292 valence electrons. The Bertz CT molecular complexity index is 1830. The number of ether oxygens (including phenoxy) is 2. The number of nitrogen functional groups attached to an aromatic ring is 1. The van der Waals surface area contributed by atoms with Crippen LogP contribution in [-0.4, -0.2) is 52.7 Å². The number of carbonyl (C=O) groups is 2. The summed E-state index contributed by atoms with van der Waals surface area (Å²) in [6.07, 6.45) is 5.17. The number of hydrogen-bond acceptors (Lipinski definition) is 8. The molecule has 0 aromatic heterocycles. The molecular formula is C44H53ClN4O6. The Balaban J connectivity index is 0.964. The molecular weight excluding hydrogens is 716 g/mol. The SMILES string of the molecule is Nc1ccccc1NC(=O)CCCCCCC(=O)NCc1ccc([C@H]2O[C@@H](CN3CCC(O)(c4ccc(Cl)cc4)CC3)C[C@@H](c3ccc(CO)cc3)O2)cc1. The Morgan fingerprint density at radius 2 is 1.44 bits per heavy atom. The minimum atomic E-state index is -0.877. The lowest BCUT2D eigenvalue weighted by Crippen LogP contribution is -2.46. The number of unbranched alkanes of at least 4 members (excludes halogenated alkanes) is 3. The van der Waals surface area contributed by atoms with Crippen LogP contribution in [0, 0.1) is 0 Å². The minimum Gasteiger partial charge on any atom is -0.397 e. The number of piperidine rings is 1. The Labute approximate surface area is 329 Å². The summed E-state index contributed by atoms with van der Waals surface area (Å²) in [7, 11) is 0. The van der Waals surface area contributed by atoms with E-state index in [-0.39, 0.29) is 30.6 Å². The number of anilines is 2. The minimum absolute atomic E-state index is 0.00235. The third-order valence-electron chi connectivity index (χ3n) is 10.7. The number of para-hydroxylation sites is 2. The van der Waals surface area contributed by atoms with Gasteiger partial charge in [-0.1, -0.05) is 97.2 Å². The second kappa shape index (κ2) is 19.5. The number of nitrogens with zero attached hydrogens (tertiary/aromatic N) is 1. The summed E-state index contributed by atoms with van der Waals surface area (Å²) in [6.45, 7) is 2.60. The fraction of sp³-hybridized carbons (Fsp3) is 0.409. The highest BCUT2D eigenvalue weighted by Gasteiger charge is 2.37. The fourth-order valence-corrected chi connectivity index (χ4v) is 7.43. The maximum absolute atomic E-state index is 12.6. The molecule has 0 aliphatic carbocycles. The first-order chi connectivity index (χ1) is 26.7. The normalized spacial score (nSPS) is 19.8. The Hall–Kier alpha value is -4.29. The van der Waals surface area contributed by atoms with Gasteiger partial charge in [0.2, 0.25) is 11.8 Å². The number of nitrogens with two attached hydrogens (primary N) is 1. The van der Waals surface area contributed by atoms with Crippen molar-refractivity contribution in [3.63, 3.8) is 0 Å². The van der Waals surface area contributed by atoms with E-state index >= 15 is 0 Å². The van der Waals surface area contributed by atoms with Crippen molar-refractivity contribution in [3.8, 4) is 0 Å².